The molecule has 0 spiro atoms. The zero-order valence-electron chi connectivity index (χ0n) is 19.1. The number of hydrogen-bond donors (Lipinski definition) is 0. The van der Waals surface area contributed by atoms with Gasteiger partial charge in [0.15, 0.2) is 0 Å². The molecule has 2 saturated heterocycles. The molecule has 0 saturated carbocycles. The molecule has 2 amide bonds. The third-order valence-electron chi connectivity index (χ3n) is 6.58. The average molecular weight is 452 g/mol. The van der Waals surface area contributed by atoms with Crippen molar-refractivity contribution in [1.29, 1.82) is 0 Å². The van der Waals surface area contributed by atoms with Crippen LogP contribution >= 0.6 is 0 Å². The van der Waals surface area contributed by atoms with E-state index in [1.165, 1.54) is 24.3 Å². The maximum absolute atomic E-state index is 13.3. The van der Waals surface area contributed by atoms with Gasteiger partial charge in [0.1, 0.15) is 0 Å². The number of nitro benzene ring substituents is 1. The van der Waals surface area contributed by atoms with Gasteiger partial charge in [-0.25, -0.2) is 0 Å². The first-order valence-electron chi connectivity index (χ1n) is 11.3. The first-order valence-corrected chi connectivity index (χ1v) is 11.3. The molecule has 1 aromatic carbocycles. The number of likely N-dealkylation sites (tertiary alicyclic amines) is 1. The molecule has 3 heterocycles. The van der Waals surface area contributed by atoms with E-state index in [4.69, 9.17) is 4.98 Å². The molecule has 4 rings (SSSR count). The van der Waals surface area contributed by atoms with E-state index in [9.17, 15) is 19.7 Å². The highest BCUT2D eigenvalue weighted by Gasteiger charge is 2.30. The zero-order valence-corrected chi connectivity index (χ0v) is 19.1. The van der Waals surface area contributed by atoms with E-state index in [1.54, 1.807) is 4.90 Å². The SMILES string of the molecule is Cc1ccc(C(=O)N2CCN(C)CC2)c(C2CCN(C(=O)c3ccc([N+](=O)[O-])cc3)CC2)n1. The number of carbonyl (C=O) groups is 2. The van der Waals surface area contributed by atoms with Gasteiger partial charge in [-0.15, -0.1) is 0 Å². The van der Waals surface area contributed by atoms with Gasteiger partial charge in [0.05, 0.1) is 16.2 Å². The van der Waals surface area contributed by atoms with Crippen molar-refractivity contribution >= 4 is 17.5 Å². The van der Waals surface area contributed by atoms with Crippen molar-refractivity contribution in [3.63, 3.8) is 0 Å². The topological polar surface area (TPSA) is 99.9 Å². The number of carbonyl (C=O) groups excluding carboxylic acids is 2. The van der Waals surface area contributed by atoms with Crippen LogP contribution in [0.25, 0.3) is 0 Å². The summed E-state index contributed by atoms with van der Waals surface area (Å²) in [4.78, 5) is 47.2. The summed E-state index contributed by atoms with van der Waals surface area (Å²) >= 11 is 0. The van der Waals surface area contributed by atoms with Gasteiger partial charge < -0.3 is 14.7 Å². The molecule has 0 unspecified atom stereocenters. The van der Waals surface area contributed by atoms with Crippen molar-refractivity contribution in [2.75, 3.05) is 46.3 Å². The summed E-state index contributed by atoms with van der Waals surface area (Å²) in [5, 5.41) is 10.8. The highest BCUT2D eigenvalue weighted by molar-refractivity contribution is 5.96. The quantitative estimate of drug-likeness (QED) is 0.523. The Kier molecular flexibility index (Phi) is 6.69. The predicted molar refractivity (Wildman–Crippen MR) is 123 cm³/mol. The summed E-state index contributed by atoms with van der Waals surface area (Å²) in [5.41, 5.74) is 2.79. The number of non-ortho nitro benzene ring substituents is 1. The van der Waals surface area contributed by atoms with Crippen LogP contribution in [0.5, 0.6) is 0 Å². The molecule has 1 aromatic heterocycles. The van der Waals surface area contributed by atoms with Crippen LogP contribution in [0.3, 0.4) is 0 Å². The van der Waals surface area contributed by atoms with Crippen LogP contribution in [-0.2, 0) is 0 Å². The van der Waals surface area contributed by atoms with Gasteiger partial charge in [-0.05, 0) is 51.1 Å². The summed E-state index contributed by atoms with van der Waals surface area (Å²) in [7, 11) is 2.06. The highest BCUT2D eigenvalue weighted by atomic mass is 16.6. The van der Waals surface area contributed by atoms with Crippen LogP contribution in [0.15, 0.2) is 36.4 Å². The van der Waals surface area contributed by atoms with Gasteiger partial charge in [0.2, 0.25) is 0 Å². The Morgan fingerprint density at radius 1 is 0.909 bits per heavy atom. The summed E-state index contributed by atoms with van der Waals surface area (Å²) in [5.74, 6) is 0.0153. The van der Waals surface area contributed by atoms with Crippen LogP contribution in [0, 0.1) is 17.0 Å². The lowest BCUT2D eigenvalue weighted by Crippen LogP contribution is -2.47. The number of piperazine rings is 1. The molecule has 33 heavy (non-hydrogen) atoms. The molecule has 2 aromatic rings. The molecule has 9 nitrogen and oxygen atoms in total. The van der Waals surface area contributed by atoms with Crippen LogP contribution in [0.2, 0.25) is 0 Å². The van der Waals surface area contributed by atoms with Gasteiger partial charge in [-0.1, -0.05) is 0 Å². The molecular formula is C24H29N5O4. The van der Waals surface area contributed by atoms with E-state index in [0.717, 1.165) is 37.3 Å². The standard InChI is InChI=1S/C24H29N5O4/c1-17-3-8-21(24(31)28-15-13-26(2)14-16-28)22(25-17)18-9-11-27(12-10-18)23(30)19-4-6-20(7-5-19)29(32)33/h3-8,18H,9-16H2,1-2H3. The van der Waals surface area contributed by atoms with E-state index >= 15 is 0 Å². The number of piperidine rings is 1. The van der Waals surface area contributed by atoms with Crippen LogP contribution in [-0.4, -0.2) is 82.7 Å². The maximum atomic E-state index is 13.3. The lowest BCUT2D eigenvalue weighted by Gasteiger charge is -2.35. The average Bonchev–Trinajstić information content (AvgIpc) is 2.84. The third-order valence-corrected chi connectivity index (χ3v) is 6.58. The van der Waals surface area contributed by atoms with Gasteiger partial charge in [-0.2, -0.15) is 0 Å². The van der Waals surface area contributed by atoms with E-state index in [-0.39, 0.29) is 23.4 Å². The van der Waals surface area contributed by atoms with E-state index < -0.39 is 4.92 Å². The van der Waals surface area contributed by atoms with Crippen LogP contribution in [0.1, 0.15) is 50.9 Å². The number of benzene rings is 1. The van der Waals surface area contributed by atoms with Gasteiger partial charge in [0.25, 0.3) is 17.5 Å². The fourth-order valence-electron chi connectivity index (χ4n) is 4.51. The van der Waals surface area contributed by atoms with E-state index in [1.807, 2.05) is 24.0 Å². The second-order valence-corrected chi connectivity index (χ2v) is 8.85. The van der Waals surface area contributed by atoms with Crippen LogP contribution < -0.4 is 0 Å². The predicted octanol–water partition coefficient (Wildman–Crippen LogP) is 2.71. The number of pyridine rings is 1. The fourth-order valence-corrected chi connectivity index (χ4v) is 4.51. The minimum atomic E-state index is -0.477. The number of likely N-dealkylation sites (N-methyl/N-ethyl adjacent to an activating group) is 1. The second-order valence-electron chi connectivity index (χ2n) is 8.85. The van der Waals surface area contributed by atoms with Crippen LogP contribution in [0.4, 0.5) is 5.69 Å². The lowest BCUT2D eigenvalue weighted by molar-refractivity contribution is -0.384. The molecule has 0 bridgehead atoms. The van der Waals surface area contributed by atoms with E-state index in [2.05, 4.69) is 11.9 Å². The monoisotopic (exact) mass is 451 g/mol. The highest BCUT2D eigenvalue weighted by Crippen LogP contribution is 2.31. The number of amides is 2. The number of aromatic nitrogens is 1. The second kappa shape index (κ2) is 9.66. The Labute approximate surface area is 193 Å². The van der Waals surface area contributed by atoms with Crippen molar-refractivity contribution in [1.82, 2.24) is 19.7 Å². The lowest BCUT2D eigenvalue weighted by atomic mass is 9.89. The molecular weight excluding hydrogens is 422 g/mol. The number of aryl methyl sites for hydroxylation is 1. The van der Waals surface area contributed by atoms with Crippen molar-refractivity contribution in [2.24, 2.45) is 0 Å². The normalized spacial score (nSPS) is 17.8. The van der Waals surface area contributed by atoms with Crippen molar-refractivity contribution in [3.8, 4) is 0 Å². The summed E-state index contributed by atoms with van der Waals surface area (Å²) in [6, 6.07) is 9.50. The van der Waals surface area contributed by atoms with E-state index in [0.29, 0.717) is 37.3 Å². The molecule has 2 fully saturated rings. The minimum absolute atomic E-state index is 0.0340. The molecule has 2 aliphatic heterocycles. The Morgan fingerprint density at radius 3 is 2.12 bits per heavy atom. The Hall–Kier alpha value is -3.33. The number of nitrogens with zero attached hydrogens (tertiary/aromatic N) is 5. The third kappa shape index (κ3) is 5.03. The first kappa shape index (κ1) is 22.8. The molecule has 174 valence electrons. The van der Waals surface area contributed by atoms with Crippen molar-refractivity contribution in [2.45, 2.75) is 25.7 Å². The summed E-state index contributed by atoms with van der Waals surface area (Å²) in [6.07, 6.45) is 1.44. The Balaban J connectivity index is 1.45. The smallest absolute Gasteiger partial charge is 0.269 e. The largest absolute Gasteiger partial charge is 0.339 e. The molecule has 2 aliphatic rings. The first-order chi connectivity index (χ1) is 15.8. The fraction of sp³-hybridized carbons (Fsp3) is 0.458. The minimum Gasteiger partial charge on any atom is -0.339 e. The van der Waals surface area contributed by atoms with Crippen molar-refractivity contribution < 1.29 is 14.5 Å². The number of rotatable bonds is 4. The molecule has 0 aliphatic carbocycles. The zero-order chi connectivity index (χ0) is 23.5. The molecule has 0 radical (unpaired) electrons. The molecule has 9 heteroatoms. The van der Waals surface area contributed by atoms with Gasteiger partial charge in [0, 0.05) is 68.6 Å². The number of hydrogen-bond acceptors (Lipinski definition) is 6. The van der Waals surface area contributed by atoms with Gasteiger partial charge in [-0.3, -0.25) is 24.7 Å². The Morgan fingerprint density at radius 2 is 1.52 bits per heavy atom. The Bertz CT molecular complexity index is 1040. The maximum Gasteiger partial charge on any atom is 0.269 e. The van der Waals surface area contributed by atoms with Crippen molar-refractivity contribution in [3.05, 3.63) is 69.0 Å². The number of nitro groups is 1. The molecule has 0 N–H and O–H groups in total. The van der Waals surface area contributed by atoms with Gasteiger partial charge >= 0.3 is 0 Å². The summed E-state index contributed by atoms with van der Waals surface area (Å²) in [6.45, 7) is 6.19. The summed E-state index contributed by atoms with van der Waals surface area (Å²) < 4.78 is 0. The molecule has 0 atom stereocenters.